The van der Waals surface area contributed by atoms with Crippen LogP contribution in [0.5, 0.6) is 0 Å². The van der Waals surface area contributed by atoms with Gasteiger partial charge in [-0.25, -0.2) is 9.97 Å². The second-order valence-corrected chi connectivity index (χ2v) is 5.77. The highest BCUT2D eigenvalue weighted by molar-refractivity contribution is 6.31. The normalized spacial score (nSPS) is 10.6. The molecule has 0 aliphatic rings. The Kier molecular flexibility index (Phi) is 4.95. The number of nitrogens with one attached hydrogen (secondary N) is 2. The first-order chi connectivity index (χ1) is 12.0. The second-order valence-electron chi connectivity index (χ2n) is 5.33. The minimum absolute atomic E-state index is 0.0583. The van der Waals surface area contributed by atoms with Crippen LogP contribution >= 0.6 is 11.6 Å². The number of nitrogens with zero attached hydrogens (tertiary/aromatic N) is 2. The van der Waals surface area contributed by atoms with E-state index in [1.54, 1.807) is 30.3 Å². The van der Waals surface area contributed by atoms with Gasteiger partial charge < -0.3 is 15.0 Å². The fourth-order valence-electron chi connectivity index (χ4n) is 2.33. The van der Waals surface area contributed by atoms with E-state index in [2.05, 4.69) is 25.0 Å². The Bertz CT molecular complexity index is 987. The second kappa shape index (κ2) is 7.31. The molecule has 2 aromatic heterocycles. The monoisotopic (exact) mass is 358 g/mol. The van der Waals surface area contributed by atoms with Crippen molar-refractivity contribution in [1.29, 1.82) is 0 Å². The van der Waals surface area contributed by atoms with Gasteiger partial charge in [0.05, 0.1) is 19.2 Å². The number of pyridine rings is 1. The summed E-state index contributed by atoms with van der Waals surface area (Å²) < 4.78 is 4.61. The predicted molar refractivity (Wildman–Crippen MR) is 94.7 cm³/mol. The highest BCUT2D eigenvalue weighted by Gasteiger charge is 2.07. The quantitative estimate of drug-likeness (QED) is 0.679. The van der Waals surface area contributed by atoms with Gasteiger partial charge in [-0.2, -0.15) is 0 Å². The molecule has 25 heavy (non-hydrogen) atoms. The molecule has 7 nitrogen and oxygen atoms in total. The highest BCUT2D eigenvalue weighted by Crippen LogP contribution is 2.17. The largest absolute Gasteiger partial charge is 0.469 e. The standard InChI is InChI=1S/C17H15ClN4O3/c1-25-15(23)8-13-4-5-19-17(21-13)20-9-11-6-10-7-12(18)2-3-14(10)22-16(11)24/h2-7H,8-9H2,1H3,(H,22,24)(H,19,20,21). The lowest BCUT2D eigenvalue weighted by Crippen LogP contribution is -2.16. The first-order valence-corrected chi connectivity index (χ1v) is 7.87. The molecular weight excluding hydrogens is 344 g/mol. The molecule has 0 saturated carbocycles. The number of hydrogen-bond acceptors (Lipinski definition) is 6. The molecule has 2 N–H and O–H groups in total. The van der Waals surface area contributed by atoms with Gasteiger partial charge in [0.25, 0.3) is 5.56 Å². The van der Waals surface area contributed by atoms with E-state index >= 15 is 0 Å². The van der Waals surface area contributed by atoms with E-state index in [1.807, 2.05) is 0 Å². The Morgan fingerprint density at radius 1 is 1.32 bits per heavy atom. The van der Waals surface area contributed by atoms with Crippen molar-refractivity contribution in [3.05, 3.63) is 63.2 Å². The average Bonchev–Trinajstić information content (AvgIpc) is 2.60. The number of hydrogen-bond donors (Lipinski definition) is 2. The first-order valence-electron chi connectivity index (χ1n) is 7.49. The number of H-pyrrole nitrogens is 1. The maximum Gasteiger partial charge on any atom is 0.311 e. The van der Waals surface area contributed by atoms with Gasteiger partial charge in [-0.1, -0.05) is 11.6 Å². The maximum absolute atomic E-state index is 12.2. The number of esters is 1. The molecule has 0 aliphatic heterocycles. The van der Waals surface area contributed by atoms with Crippen molar-refractivity contribution >= 4 is 34.4 Å². The van der Waals surface area contributed by atoms with Crippen LogP contribution in [-0.4, -0.2) is 28.0 Å². The van der Waals surface area contributed by atoms with E-state index in [0.717, 1.165) is 10.9 Å². The van der Waals surface area contributed by atoms with Gasteiger partial charge in [-0.3, -0.25) is 9.59 Å². The van der Waals surface area contributed by atoms with Gasteiger partial charge in [0, 0.05) is 34.2 Å². The number of fused-ring (bicyclic) bond motifs is 1. The molecule has 0 bridgehead atoms. The molecule has 3 aromatic rings. The van der Waals surface area contributed by atoms with Crippen molar-refractivity contribution in [2.45, 2.75) is 13.0 Å². The molecule has 0 atom stereocenters. The first kappa shape index (κ1) is 16.9. The third-order valence-electron chi connectivity index (χ3n) is 3.59. The van der Waals surface area contributed by atoms with Crippen molar-refractivity contribution in [1.82, 2.24) is 15.0 Å². The van der Waals surface area contributed by atoms with Crippen LogP contribution in [0.15, 0.2) is 41.3 Å². The summed E-state index contributed by atoms with van der Waals surface area (Å²) in [4.78, 5) is 34.6. The van der Waals surface area contributed by atoms with E-state index in [0.29, 0.717) is 22.2 Å². The zero-order chi connectivity index (χ0) is 17.8. The molecule has 128 valence electrons. The summed E-state index contributed by atoms with van der Waals surface area (Å²) in [5, 5.41) is 4.42. The lowest BCUT2D eigenvalue weighted by Gasteiger charge is -2.07. The van der Waals surface area contributed by atoms with Crippen LogP contribution in [-0.2, 0) is 22.5 Å². The topological polar surface area (TPSA) is 97.0 Å². The smallest absolute Gasteiger partial charge is 0.311 e. The maximum atomic E-state index is 12.2. The number of anilines is 1. The number of ether oxygens (including phenoxy) is 1. The molecule has 2 heterocycles. The molecule has 3 rings (SSSR count). The van der Waals surface area contributed by atoms with Crippen molar-refractivity contribution in [3.8, 4) is 0 Å². The van der Waals surface area contributed by atoms with E-state index in [-0.39, 0.29) is 24.5 Å². The number of aromatic amines is 1. The molecule has 0 aliphatic carbocycles. The van der Waals surface area contributed by atoms with Gasteiger partial charge in [0.2, 0.25) is 5.95 Å². The summed E-state index contributed by atoms with van der Waals surface area (Å²) in [6, 6.07) is 8.66. The fraction of sp³-hybridized carbons (Fsp3) is 0.176. The summed E-state index contributed by atoms with van der Waals surface area (Å²) in [5.41, 5.74) is 1.57. The number of benzene rings is 1. The van der Waals surface area contributed by atoms with Gasteiger partial charge in [0.1, 0.15) is 0 Å². The fourth-order valence-corrected chi connectivity index (χ4v) is 2.51. The Morgan fingerprint density at radius 2 is 2.16 bits per heavy atom. The molecular formula is C17H15ClN4O3. The minimum Gasteiger partial charge on any atom is -0.469 e. The lowest BCUT2D eigenvalue weighted by molar-refractivity contribution is -0.139. The molecule has 0 fully saturated rings. The Morgan fingerprint density at radius 3 is 2.96 bits per heavy atom. The number of rotatable bonds is 5. The van der Waals surface area contributed by atoms with Crippen LogP contribution in [0.2, 0.25) is 5.02 Å². The summed E-state index contributed by atoms with van der Waals surface area (Å²) in [6.45, 7) is 0.236. The number of methoxy groups -OCH3 is 1. The van der Waals surface area contributed by atoms with Crippen molar-refractivity contribution in [2.75, 3.05) is 12.4 Å². The van der Waals surface area contributed by atoms with Crippen LogP contribution in [0.4, 0.5) is 5.95 Å². The molecule has 0 amide bonds. The summed E-state index contributed by atoms with van der Waals surface area (Å²) >= 11 is 5.99. The van der Waals surface area contributed by atoms with Crippen LogP contribution in [0.3, 0.4) is 0 Å². The van der Waals surface area contributed by atoms with Gasteiger partial charge >= 0.3 is 5.97 Å². The van der Waals surface area contributed by atoms with E-state index in [9.17, 15) is 9.59 Å². The molecule has 0 saturated heterocycles. The van der Waals surface area contributed by atoms with E-state index in [1.165, 1.54) is 13.3 Å². The summed E-state index contributed by atoms with van der Waals surface area (Å²) in [5.74, 6) is -0.0560. The summed E-state index contributed by atoms with van der Waals surface area (Å²) in [6.07, 6.45) is 1.60. The molecule has 0 spiro atoms. The van der Waals surface area contributed by atoms with Crippen molar-refractivity contribution in [3.63, 3.8) is 0 Å². The Labute approximate surface area is 148 Å². The SMILES string of the molecule is COC(=O)Cc1ccnc(NCc2cc3cc(Cl)ccc3[nH]c2=O)n1. The molecule has 0 radical (unpaired) electrons. The zero-order valence-corrected chi connectivity index (χ0v) is 14.1. The van der Waals surface area contributed by atoms with Crippen LogP contribution in [0, 0.1) is 0 Å². The van der Waals surface area contributed by atoms with Gasteiger partial charge in [-0.15, -0.1) is 0 Å². The number of halogens is 1. The molecule has 1 aromatic carbocycles. The molecule has 0 unspecified atom stereocenters. The molecule has 8 heteroatoms. The van der Waals surface area contributed by atoms with Crippen LogP contribution < -0.4 is 10.9 Å². The van der Waals surface area contributed by atoms with Gasteiger partial charge in [-0.05, 0) is 30.3 Å². The predicted octanol–water partition coefficient (Wildman–Crippen LogP) is 2.30. The lowest BCUT2D eigenvalue weighted by atomic mass is 10.1. The Hall–Kier alpha value is -2.93. The van der Waals surface area contributed by atoms with Crippen LogP contribution in [0.25, 0.3) is 10.9 Å². The third-order valence-corrected chi connectivity index (χ3v) is 3.82. The number of carbonyl (C=O) groups excluding carboxylic acids is 1. The number of carbonyl (C=O) groups is 1. The Balaban J connectivity index is 1.78. The van der Waals surface area contributed by atoms with Crippen molar-refractivity contribution in [2.24, 2.45) is 0 Å². The number of aromatic nitrogens is 3. The minimum atomic E-state index is -0.382. The highest BCUT2D eigenvalue weighted by atomic mass is 35.5. The van der Waals surface area contributed by atoms with Crippen molar-refractivity contribution < 1.29 is 9.53 Å². The van der Waals surface area contributed by atoms with E-state index < -0.39 is 0 Å². The summed E-state index contributed by atoms with van der Waals surface area (Å²) in [7, 11) is 1.32. The van der Waals surface area contributed by atoms with Crippen LogP contribution in [0.1, 0.15) is 11.3 Å². The van der Waals surface area contributed by atoms with E-state index in [4.69, 9.17) is 11.6 Å². The zero-order valence-electron chi connectivity index (χ0n) is 13.4. The average molecular weight is 359 g/mol. The third kappa shape index (κ3) is 4.13. The van der Waals surface area contributed by atoms with Gasteiger partial charge in [0.15, 0.2) is 0 Å².